The minimum absolute atomic E-state index is 0. The summed E-state index contributed by atoms with van der Waals surface area (Å²) in [5.74, 6) is -0.197. The fourth-order valence-electron chi connectivity index (χ4n) is 2.55. The lowest BCUT2D eigenvalue weighted by Crippen LogP contribution is -2.39. The normalized spacial score (nSPS) is 12.5. The summed E-state index contributed by atoms with van der Waals surface area (Å²) in [6.07, 6.45) is 0. The third kappa shape index (κ3) is 6.45. The van der Waals surface area contributed by atoms with Gasteiger partial charge in [-0.2, -0.15) is 0 Å². The number of aryl methyl sites for hydroxylation is 1. The molecule has 2 atom stereocenters. The average Bonchev–Trinajstić information content (AvgIpc) is 2.56. The SMILES string of the molecule is Cc1ccc(C(N)C(=O)NCC(c2ccccc2Cl)N(C)C)cc1.Cl.Cl. The first-order valence-electron chi connectivity index (χ1n) is 7.91. The Kier molecular flexibility index (Phi) is 10.8. The fourth-order valence-corrected chi connectivity index (χ4v) is 2.81. The lowest BCUT2D eigenvalue weighted by molar-refractivity contribution is -0.122. The predicted octanol–water partition coefficient (Wildman–Crippen LogP) is 3.91. The van der Waals surface area contributed by atoms with Crippen LogP contribution in [0.25, 0.3) is 0 Å². The van der Waals surface area contributed by atoms with E-state index < -0.39 is 6.04 Å². The number of amides is 1. The number of hydrogen-bond donors (Lipinski definition) is 2. The van der Waals surface area contributed by atoms with E-state index >= 15 is 0 Å². The Labute approximate surface area is 172 Å². The van der Waals surface area contributed by atoms with Crippen LogP contribution in [0.2, 0.25) is 5.02 Å². The van der Waals surface area contributed by atoms with Gasteiger partial charge in [0, 0.05) is 11.6 Å². The molecule has 1 amide bonds. The molecule has 26 heavy (non-hydrogen) atoms. The van der Waals surface area contributed by atoms with Crippen molar-refractivity contribution in [3.63, 3.8) is 0 Å². The molecule has 0 aromatic heterocycles. The van der Waals surface area contributed by atoms with Gasteiger partial charge in [-0.05, 0) is 38.2 Å². The Morgan fingerprint density at radius 3 is 2.23 bits per heavy atom. The Bertz CT molecular complexity index is 693. The minimum atomic E-state index is -0.681. The predicted molar refractivity (Wildman–Crippen MR) is 113 cm³/mol. The molecule has 0 saturated carbocycles. The molecule has 2 aromatic carbocycles. The lowest BCUT2D eigenvalue weighted by atomic mass is 10.0. The highest BCUT2D eigenvalue weighted by Crippen LogP contribution is 2.25. The van der Waals surface area contributed by atoms with E-state index in [2.05, 4.69) is 5.32 Å². The molecule has 4 nitrogen and oxygen atoms in total. The summed E-state index contributed by atoms with van der Waals surface area (Å²) >= 11 is 6.29. The molecule has 144 valence electrons. The van der Waals surface area contributed by atoms with Crippen molar-refractivity contribution in [2.24, 2.45) is 5.73 Å². The molecule has 2 unspecified atom stereocenters. The molecule has 0 fully saturated rings. The number of halogens is 3. The highest BCUT2D eigenvalue weighted by molar-refractivity contribution is 6.31. The molecule has 0 aliphatic rings. The van der Waals surface area contributed by atoms with Crippen molar-refractivity contribution in [2.45, 2.75) is 19.0 Å². The van der Waals surface area contributed by atoms with E-state index in [1.54, 1.807) is 0 Å². The summed E-state index contributed by atoms with van der Waals surface area (Å²) in [5.41, 5.74) is 8.99. The standard InChI is InChI=1S/C19H24ClN3O.2ClH/c1-13-8-10-14(11-9-13)18(21)19(24)22-12-17(23(2)3)15-6-4-5-7-16(15)20;;/h4-11,17-18H,12,21H2,1-3H3,(H,22,24);2*1H. The molecule has 2 rings (SSSR count). The van der Waals surface area contributed by atoms with Crippen LogP contribution in [0.15, 0.2) is 48.5 Å². The van der Waals surface area contributed by atoms with Gasteiger partial charge in [0.25, 0.3) is 0 Å². The summed E-state index contributed by atoms with van der Waals surface area (Å²) in [5, 5.41) is 3.63. The number of nitrogens with one attached hydrogen (secondary N) is 1. The highest BCUT2D eigenvalue weighted by Gasteiger charge is 2.20. The van der Waals surface area contributed by atoms with Gasteiger partial charge < -0.3 is 16.0 Å². The molecule has 0 saturated heterocycles. The lowest BCUT2D eigenvalue weighted by Gasteiger charge is -2.26. The number of rotatable bonds is 6. The first-order chi connectivity index (χ1) is 11.4. The smallest absolute Gasteiger partial charge is 0.241 e. The van der Waals surface area contributed by atoms with Crippen molar-refractivity contribution in [1.29, 1.82) is 0 Å². The van der Waals surface area contributed by atoms with Crippen LogP contribution in [0.1, 0.15) is 28.8 Å². The molecule has 3 N–H and O–H groups in total. The van der Waals surface area contributed by atoms with E-state index in [-0.39, 0.29) is 36.8 Å². The first-order valence-corrected chi connectivity index (χ1v) is 8.28. The summed E-state index contributed by atoms with van der Waals surface area (Å²) in [6.45, 7) is 2.44. The molecule has 2 aromatic rings. The molecule has 0 radical (unpaired) electrons. The number of nitrogens with zero attached hydrogens (tertiary/aromatic N) is 1. The summed E-state index contributed by atoms with van der Waals surface area (Å²) < 4.78 is 0. The molecular weight excluding hydrogens is 393 g/mol. The van der Waals surface area contributed by atoms with Crippen molar-refractivity contribution < 1.29 is 4.79 Å². The van der Waals surface area contributed by atoms with Gasteiger partial charge in [0.2, 0.25) is 5.91 Å². The monoisotopic (exact) mass is 417 g/mol. The Morgan fingerprint density at radius 2 is 1.69 bits per heavy atom. The van der Waals surface area contributed by atoms with Crippen LogP contribution in [0, 0.1) is 6.92 Å². The van der Waals surface area contributed by atoms with Gasteiger partial charge in [-0.25, -0.2) is 0 Å². The van der Waals surface area contributed by atoms with E-state index in [4.69, 9.17) is 17.3 Å². The van der Waals surface area contributed by atoms with E-state index in [1.165, 1.54) is 0 Å². The molecule has 0 spiro atoms. The van der Waals surface area contributed by atoms with Gasteiger partial charge in [0.05, 0.1) is 6.04 Å². The summed E-state index contributed by atoms with van der Waals surface area (Å²) in [6, 6.07) is 14.6. The molecule has 0 heterocycles. The second kappa shape index (κ2) is 11.4. The number of hydrogen-bond acceptors (Lipinski definition) is 3. The number of nitrogens with two attached hydrogens (primary N) is 1. The van der Waals surface area contributed by atoms with Gasteiger partial charge in [0.15, 0.2) is 0 Å². The second-order valence-corrected chi connectivity index (χ2v) is 6.54. The Balaban J connectivity index is 0.00000312. The van der Waals surface area contributed by atoms with Crippen molar-refractivity contribution in [3.8, 4) is 0 Å². The Hall–Kier alpha value is -1.30. The number of benzene rings is 2. The van der Waals surface area contributed by atoms with Crippen molar-refractivity contribution in [2.75, 3.05) is 20.6 Å². The second-order valence-electron chi connectivity index (χ2n) is 6.13. The quantitative estimate of drug-likeness (QED) is 0.747. The maximum absolute atomic E-state index is 12.4. The minimum Gasteiger partial charge on any atom is -0.353 e. The van der Waals surface area contributed by atoms with Crippen molar-refractivity contribution in [1.82, 2.24) is 10.2 Å². The van der Waals surface area contributed by atoms with E-state index in [9.17, 15) is 4.79 Å². The van der Waals surface area contributed by atoms with E-state index in [0.717, 1.165) is 16.7 Å². The van der Waals surface area contributed by atoms with Crippen LogP contribution in [0.4, 0.5) is 0 Å². The zero-order chi connectivity index (χ0) is 17.7. The molecule has 0 aliphatic carbocycles. The van der Waals surface area contributed by atoms with E-state index in [0.29, 0.717) is 11.6 Å². The molecular formula is C19H26Cl3N3O. The van der Waals surface area contributed by atoms with Crippen LogP contribution in [0.3, 0.4) is 0 Å². The third-order valence-electron chi connectivity index (χ3n) is 4.08. The van der Waals surface area contributed by atoms with Crippen molar-refractivity contribution in [3.05, 3.63) is 70.2 Å². The van der Waals surface area contributed by atoms with Gasteiger partial charge in [-0.3, -0.25) is 4.79 Å². The average molecular weight is 419 g/mol. The van der Waals surface area contributed by atoms with Crippen LogP contribution in [-0.4, -0.2) is 31.4 Å². The molecule has 0 bridgehead atoms. The number of likely N-dealkylation sites (N-methyl/N-ethyl adjacent to an activating group) is 1. The van der Waals surface area contributed by atoms with Gasteiger partial charge in [-0.15, -0.1) is 24.8 Å². The maximum Gasteiger partial charge on any atom is 0.241 e. The number of carbonyl (C=O) groups is 1. The fraction of sp³-hybridized carbons (Fsp3) is 0.316. The summed E-state index contributed by atoms with van der Waals surface area (Å²) in [4.78, 5) is 14.4. The topological polar surface area (TPSA) is 58.4 Å². The molecule has 7 heteroatoms. The third-order valence-corrected chi connectivity index (χ3v) is 4.42. The molecule has 0 aliphatic heterocycles. The maximum atomic E-state index is 12.4. The van der Waals surface area contributed by atoms with Crippen molar-refractivity contribution >= 4 is 42.3 Å². The summed E-state index contributed by atoms with van der Waals surface area (Å²) in [7, 11) is 3.92. The first kappa shape index (κ1) is 24.7. The van der Waals surface area contributed by atoms with Crippen LogP contribution >= 0.6 is 36.4 Å². The van der Waals surface area contributed by atoms with Crippen LogP contribution in [0.5, 0.6) is 0 Å². The Morgan fingerprint density at radius 1 is 1.12 bits per heavy atom. The zero-order valence-electron chi connectivity index (χ0n) is 15.1. The van der Waals surface area contributed by atoms with Gasteiger partial charge in [-0.1, -0.05) is 59.6 Å². The van der Waals surface area contributed by atoms with Gasteiger partial charge in [0.1, 0.15) is 6.04 Å². The number of carbonyl (C=O) groups excluding carboxylic acids is 1. The van der Waals surface area contributed by atoms with Crippen LogP contribution in [-0.2, 0) is 4.79 Å². The zero-order valence-corrected chi connectivity index (χ0v) is 17.5. The largest absolute Gasteiger partial charge is 0.353 e. The highest BCUT2D eigenvalue weighted by atomic mass is 35.5. The van der Waals surface area contributed by atoms with E-state index in [1.807, 2.05) is 74.4 Å². The van der Waals surface area contributed by atoms with Gasteiger partial charge >= 0.3 is 0 Å². The van der Waals surface area contributed by atoms with Crippen LogP contribution < -0.4 is 11.1 Å².